The summed E-state index contributed by atoms with van der Waals surface area (Å²) < 4.78 is 45.7. The first-order valence-electron chi connectivity index (χ1n) is 12.7. The summed E-state index contributed by atoms with van der Waals surface area (Å²) in [5.41, 5.74) is 1.67. The van der Waals surface area contributed by atoms with Crippen molar-refractivity contribution in [1.82, 2.24) is 20.3 Å². The third-order valence-corrected chi connectivity index (χ3v) is 6.40. The molecular weight excluding hydrogens is 511 g/mol. The topological polar surface area (TPSA) is 92.3 Å². The monoisotopic (exact) mass is 552 g/mol. The van der Waals surface area contributed by atoms with Crippen LogP contribution in [-0.2, 0) is 26.9 Å². The number of alkyl halides is 3. The van der Waals surface area contributed by atoms with Crippen molar-refractivity contribution in [2.45, 2.75) is 83.6 Å². The molecular formula is C28H41F3N5O3+. The summed E-state index contributed by atoms with van der Waals surface area (Å²) in [5, 5.41) is 21.2. The van der Waals surface area contributed by atoms with Crippen LogP contribution in [0.3, 0.4) is 0 Å². The minimum absolute atomic E-state index is 0.0124. The second kappa shape index (κ2) is 12.8. The molecule has 0 saturated carbocycles. The van der Waals surface area contributed by atoms with Gasteiger partial charge in [-0.05, 0) is 43.4 Å². The zero-order chi connectivity index (χ0) is 29.6. The lowest BCUT2D eigenvalue weighted by Gasteiger charge is -2.24. The van der Waals surface area contributed by atoms with Crippen molar-refractivity contribution < 1.29 is 32.4 Å². The second-order valence-electron chi connectivity index (χ2n) is 11.5. The molecule has 2 rings (SSSR count). The third-order valence-electron chi connectivity index (χ3n) is 6.40. The Bertz CT molecular complexity index is 1150. The molecule has 0 aliphatic heterocycles. The maximum atomic E-state index is 13.2. The minimum Gasteiger partial charge on any atom is -0.489 e. The van der Waals surface area contributed by atoms with E-state index in [4.69, 9.17) is 4.74 Å². The lowest BCUT2D eigenvalue weighted by atomic mass is 9.86. The van der Waals surface area contributed by atoms with Crippen LogP contribution in [0.4, 0.5) is 13.2 Å². The smallest absolute Gasteiger partial charge is 0.422 e. The van der Waals surface area contributed by atoms with E-state index in [1.54, 1.807) is 31.7 Å². The minimum atomic E-state index is -4.45. The number of amides is 1. The molecule has 0 spiro atoms. The van der Waals surface area contributed by atoms with E-state index >= 15 is 0 Å². The molecule has 1 heterocycles. The van der Waals surface area contributed by atoms with Gasteiger partial charge in [-0.2, -0.15) is 13.2 Å². The van der Waals surface area contributed by atoms with E-state index < -0.39 is 30.4 Å². The number of nitrogens with zero attached hydrogens (tertiary/aromatic N) is 4. The number of carbonyl (C=O) groups is 1. The van der Waals surface area contributed by atoms with Gasteiger partial charge in [-0.25, -0.2) is 9.26 Å². The summed E-state index contributed by atoms with van der Waals surface area (Å²) in [4.78, 5) is 13.2. The molecule has 0 radical (unpaired) electrons. The highest BCUT2D eigenvalue weighted by molar-refractivity contribution is 5.79. The van der Waals surface area contributed by atoms with Gasteiger partial charge >= 0.3 is 6.18 Å². The van der Waals surface area contributed by atoms with E-state index in [1.807, 2.05) is 24.3 Å². The van der Waals surface area contributed by atoms with Gasteiger partial charge in [-0.3, -0.25) is 4.79 Å². The molecule has 1 aromatic carbocycles. The quantitative estimate of drug-likeness (QED) is 0.233. The molecule has 11 heteroatoms. The van der Waals surface area contributed by atoms with Gasteiger partial charge in [0.2, 0.25) is 5.91 Å². The van der Waals surface area contributed by atoms with Crippen LogP contribution >= 0.6 is 0 Å². The normalized spacial score (nSPS) is 14.6. The summed E-state index contributed by atoms with van der Waals surface area (Å²) in [6.45, 7) is 13.8. The summed E-state index contributed by atoms with van der Waals surface area (Å²) in [6.07, 6.45) is -0.937. The van der Waals surface area contributed by atoms with Crippen molar-refractivity contribution >= 4 is 12.6 Å². The average Bonchev–Trinajstić information content (AvgIpc) is 3.32. The summed E-state index contributed by atoms with van der Waals surface area (Å²) in [6, 6.07) is 6.65. The van der Waals surface area contributed by atoms with Gasteiger partial charge in [0.1, 0.15) is 25.5 Å². The Hall–Kier alpha value is -3.21. The fourth-order valence-corrected chi connectivity index (χ4v) is 3.80. The van der Waals surface area contributed by atoms with Crippen LogP contribution in [0.1, 0.15) is 70.8 Å². The fourth-order valence-electron chi connectivity index (χ4n) is 3.80. The van der Waals surface area contributed by atoms with Crippen molar-refractivity contribution in [2.24, 2.45) is 0 Å². The highest BCUT2D eigenvalue weighted by Crippen LogP contribution is 2.25. The fraction of sp³-hybridized carbons (Fsp3) is 0.571. The van der Waals surface area contributed by atoms with Gasteiger partial charge in [0, 0.05) is 6.42 Å². The van der Waals surface area contributed by atoms with Crippen LogP contribution in [0.2, 0.25) is 0 Å². The number of benzene rings is 1. The molecule has 39 heavy (non-hydrogen) atoms. The van der Waals surface area contributed by atoms with Gasteiger partial charge in [-0.1, -0.05) is 50.3 Å². The van der Waals surface area contributed by atoms with Crippen molar-refractivity contribution in [3.05, 3.63) is 59.1 Å². The number of hydrogen-bond donors (Lipinski definition) is 2. The van der Waals surface area contributed by atoms with Gasteiger partial charge in [0.05, 0.1) is 30.5 Å². The molecule has 8 nitrogen and oxygen atoms in total. The number of rotatable bonds is 12. The molecule has 0 aliphatic rings. The van der Waals surface area contributed by atoms with Crippen molar-refractivity contribution in [3.8, 4) is 0 Å². The van der Waals surface area contributed by atoms with E-state index in [0.29, 0.717) is 5.69 Å². The van der Waals surface area contributed by atoms with Crippen LogP contribution in [0.5, 0.6) is 0 Å². The van der Waals surface area contributed by atoms with E-state index in [2.05, 4.69) is 43.1 Å². The molecule has 2 atom stereocenters. The first-order valence-corrected chi connectivity index (χ1v) is 12.7. The lowest BCUT2D eigenvalue weighted by Crippen LogP contribution is -2.41. The molecule has 0 bridgehead atoms. The number of aromatic nitrogens is 3. The number of ether oxygens (including phenoxy) is 1. The highest BCUT2D eigenvalue weighted by Gasteiger charge is 2.34. The Morgan fingerprint density at radius 3 is 2.33 bits per heavy atom. The number of carbonyl (C=O) groups excluding carboxylic acids is 1. The summed E-state index contributed by atoms with van der Waals surface area (Å²) in [5.74, 6) is -0.159. The number of aliphatic hydroxyl groups is 1. The number of hydrogen-bond acceptors (Lipinski definition) is 5. The van der Waals surface area contributed by atoms with Crippen LogP contribution < -0.4 is 5.32 Å². The Labute approximate surface area is 228 Å². The zero-order valence-electron chi connectivity index (χ0n) is 23.8. The number of aliphatic hydroxyl groups excluding tert-OH is 1. The van der Waals surface area contributed by atoms with Gasteiger partial charge < -0.3 is 15.2 Å². The van der Waals surface area contributed by atoms with Crippen LogP contribution in [0, 0.1) is 0 Å². The summed E-state index contributed by atoms with van der Waals surface area (Å²) >= 11 is 0. The van der Waals surface area contributed by atoms with Crippen LogP contribution in [0.15, 0.2) is 42.3 Å². The maximum Gasteiger partial charge on any atom is 0.422 e. The maximum absolute atomic E-state index is 13.2. The highest BCUT2D eigenvalue weighted by atomic mass is 19.4. The molecule has 0 saturated heterocycles. The standard InChI is InChI=1S/C28H40F3N5O3/c1-19(39-18-28(29,30)31)9-14-23(35(7)8)25(22-16-36(34-33-22)27(5,6)17-37)32-24(38)15-20-10-12-21(13-11-20)26(2,3)4/h9-13,16,23,25,37H,7,14-15,17-18H2,1-6,8H3/p+1. The van der Waals surface area contributed by atoms with E-state index in [0.717, 1.165) is 11.1 Å². The van der Waals surface area contributed by atoms with E-state index in [-0.39, 0.29) is 36.5 Å². The molecule has 2 aromatic rings. The first-order chi connectivity index (χ1) is 17.9. The number of allylic oxidation sites excluding steroid dienone is 1. The largest absolute Gasteiger partial charge is 0.489 e. The van der Waals surface area contributed by atoms with Crippen molar-refractivity contribution in [2.75, 3.05) is 20.3 Å². The Morgan fingerprint density at radius 2 is 1.82 bits per heavy atom. The molecule has 2 N–H and O–H groups in total. The van der Waals surface area contributed by atoms with Gasteiger partial charge in [0.25, 0.3) is 0 Å². The van der Waals surface area contributed by atoms with E-state index in [9.17, 15) is 23.1 Å². The van der Waals surface area contributed by atoms with Gasteiger partial charge in [0.15, 0.2) is 12.6 Å². The first kappa shape index (κ1) is 32.0. The summed E-state index contributed by atoms with van der Waals surface area (Å²) in [7, 11) is 1.71. The SMILES string of the molecule is C=[N+](C)C(CC=C(C)OCC(F)(F)F)C(NC(=O)Cc1ccc(C(C)(C)C)cc1)c1cn(C(C)(C)CO)nn1. The molecule has 1 amide bonds. The number of nitrogens with one attached hydrogen (secondary N) is 1. The third kappa shape index (κ3) is 9.80. The Kier molecular flexibility index (Phi) is 10.5. The molecule has 0 fully saturated rings. The van der Waals surface area contributed by atoms with Crippen LogP contribution in [0.25, 0.3) is 0 Å². The molecule has 1 aromatic heterocycles. The predicted octanol–water partition coefficient (Wildman–Crippen LogP) is 4.29. The lowest BCUT2D eigenvalue weighted by molar-refractivity contribution is -0.534. The molecule has 2 unspecified atom stereocenters. The zero-order valence-corrected chi connectivity index (χ0v) is 23.8. The Balaban J connectivity index is 2.33. The molecule has 0 aliphatic carbocycles. The predicted molar refractivity (Wildman–Crippen MR) is 144 cm³/mol. The second-order valence-corrected chi connectivity index (χ2v) is 11.5. The van der Waals surface area contributed by atoms with Crippen molar-refractivity contribution in [3.63, 3.8) is 0 Å². The number of likely N-dealkylation sites (N-methyl/N-ethyl adjacent to an activating group) is 1. The molecule has 216 valence electrons. The van der Waals surface area contributed by atoms with Crippen molar-refractivity contribution in [1.29, 1.82) is 0 Å². The number of halogens is 3. The van der Waals surface area contributed by atoms with Gasteiger partial charge in [-0.15, -0.1) is 5.10 Å². The van der Waals surface area contributed by atoms with E-state index in [1.165, 1.54) is 17.7 Å². The Morgan fingerprint density at radius 1 is 1.21 bits per heavy atom. The van der Waals surface area contributed by atoms with Crippen LogP contribution in [-0.4, -0.2) is 69.8 Å². The average molecular weight is 553 g/mol.